The minimum Gasteiger partial charge on any atom is -0.496 e. The van der Waals surface area contributed by atoms with Crippen molar-refractivity contribution in [3.63, 3.8) is 0 Å². The number of benzene rings is 1. The summed E-state index contributed by atoms with van der Waals surface area (Å²) in [6.07, 6.45) is 4.06. The van der Waals surface area contributed by atoms with Crippen molar-refractivity contribution in [1.82, 2.24) is 19.7 Å². The summed E-state index contributed by atoms with van der Waals surface area (Å²) in [5.41, 5.74) is 2.72. The molecular formula is C18H16N6O2. The van der Waals surface area contributed by atoms with Crippen molar-refractivity contribution in [2.24, 2.45) is 4.99 Å². The predicted octanol–water partition coefficient (Wildman–Crippen LogP) is 2.39. The van der Waals surface area contributed by atoms with Crippen LogP contribution >= 0.6 is 0 Å². The van der Waals surface area contributed by atoms with Crippen molar-refractivity contribution in [1.29, 1.82) is 0 Å². The van der Waals surface area contributed by atoms with Crippen LogP contribution in [-0.2, 0) is 0 Å². The Balaban J connectivity index is 1.57. The fourth-order valence-electron chi connectivity index (χ4n) is 3.74. The molecule has 1 aromatic carbocycles. The number of imidazole rings is 1. The zero-order chi connectivity index (χ0) is 17.3. The van der Waals surface area contributed by atoms with Gasteiger partial charge in [0.05, 0.1) is 24.9 Å². The van der Waals surface area contributed by atoms with Crippen LogP contribution in [0.5, 0.6) is 5.75 Å². The van der Waals surface area contributed by atoms with Gasteiger partial charge in [-0.15, -0.1) is 0 Å². The van der Waals surface area contributed by atoms with Gasteiger partial charge in [0, 0.05) is 12.5 Å². The van der Waals surface area contributed by atoms with Gasteiger partial charge in [-0.25, -0.2) is 4.98 Å². The number of anilines is 1. The van der Waals surface area contributed by atoms with Crippen molar-refractivity contribution in [2.45, 2.75) is 18.8 Å². The Morgan fingerprint density at radius 1 is 1.27 bits per heavy atom. The molecule has 2 aromatic heterocycles. The number of ether oxygens (including phenoxy) is 1. The van der Waals surface area contributed by atoms with E-state index in [9.17, 15) is 0 Å². The molecule has 0 radical (unpaired) electrons. The Morgan fingerprint density at radius 3 is 3.04 bits per heavy atom. The first-order valence-corrected chi connectivity index (χ1v) is 8.76. The van der Waals surface area contributed by atoms with Gasteiger partial charge in [0.15, 0.2) is 11.5 Å². The SMILES string of the molecule is COc1cccc2c1C1=NCCN1c1c(-c3noc(C4CC4)n3)ncn1-2. The van der Waals surface area contributed by atoms with Crippen LogP contribution in [0.15, 0.2) is 34.0 Å². The van der Waals surface area contributed by atoms with Gasteiger partial charge in [0.25, 0.3) is 0 Å². The summed E-state index contributed by atoms with van der Waals surface area (Å²) in [4.78, 5) is 16.1. The molecule has 1 fully saturated rings. The average molecular weight is 348 g/mol. The van der Waals surface area contributed by atoms with Crippen LogP contribution in [0.25, 0.3) is 17.2 Å². The molecule has 0 spiro atoms. The molecule has 6 rings (SSSR count). The van der Waals surface area contributed by atoms with Gasteiger partial charge in [-0.3, -0.25) is 9.56 Å². The highest BCUT2D eigenvalue weighted by molar-refractivity contribution is 6.17. The lowest BCUT2D eigenvalue weighted by Gasteiger charge is -2.30. The van der Waals surface area contributed by atoms with Crippen LogP contribution in [0.2, 0.25) is 0 Å². The third-order valence-corrected chi connectivity index (χ3v) is 5.13. The number of rotatable bonds is 3. The van der Waals surface area contributed by atoms with Crippen molar-refractivity contribution >= 4 is 11.7 Å². The molecule has 4 heterocycles. The monoisotopic (exact) mass is 348 g/mol. The van der Waals surface area contributed by atoms with E-state index in [1.165, 1.54) is 0 Å². The molecule has 2 aliphatic heterocycles. The van der Waals surface area contributed by atoms with Gasteiger partial charge in [0.2, 0.25) is 11.7 Å². The predicted molar refractivity (Wildman–Crippen MR) is 94.1 cm³/mol. The Morgan fingerprint density at radius 2 is 2.19 bits per heavy atom. The smallest absolute Gasteiger partial charge is 0.230 e. The lowest BCUT2D eigenvalue weighted by molar-refractivity contribution is 0.380. The molecule has 0 unspecified atom stereocenters. The molecule has 0 saturated heterocycles. The second-order valence-corrected chi connectivity index (χ2v) is 6.73. The van der Waals surface area contributed by atoms with Crippen LogP contribution in [0.3, 0.4) is 0 Å². The molecule has 8 heteroatoms. The highest BCUT2D eigenvalue weighted by Gasteiger charge is 2.37. The van der Waals surface area contributed by atoms with Crippen molar-refractivity contribution in [3.05, 3.63) is 36.0 Å². The molecular weight excluding hydrogens is 332 g/mol. The molecule has 8 nitrogen and oxygen atoms in total. The lowest BCUT2D eigenvalue weighted by Crippen LogP contribution is -2.35. The van der Waals surface area contributed by atoms with E-state index in [2.05, 4.69) is 30.7 Å². The van der Waals surface area contributed by atoms with Gasteiger partial charge >= 0.3 is 0 Å². The number of methoxy groups -OCH3 is 1. The van der Waals surface area contributed by atoms with E-state index >= 15 is 0 Å². The maximum Gasteiger partial charge on any atom is 0.230 e. The summed E-state index contributed by atoms with van der Waals surface area (Å²) in [7, 11) is 1.68. The van der Waals surface area contributed by atoms with Gasteiger partial charge < -0.3 is 14.2 Å². The van der Waals surface area contributed by atoms with E-state index in [0.717, 1.165) is 66.2 Å². The van der Waals surface area contributed by atoms with Gasteiger partial charge in [-0.1, -0.05) is 11.2 Å². The van der Waals surface area contributed by atoms with Crippen LogP contribution in [0.4, 0.5) is 5.82 Å². The number of fused-ring (bicyclic) bond motifs is 6. The molecule has 3 aliphatic rings. The minimum absolute atomic E-state index is 0.420. The summed E-state index contributed by atoms with van der Waals surface area (Å²) >= 11 is 0. The Hall–Kier alpha value is -3.16. The molecule has 0 bridgehead atoms. The third-order valence-electron chi connectivity index (χ3n) is 5.13. The summed E-state index contributed by atoms with van der Waals surface area (Å²) in [5.74, 6) is 4.34. The minimum atomic E-state index is 0.420. The Labute approximate surface area is 149 Å². The number of nitrogens with zero attached hydrogens (tertiary/aromatic N) is 6. The van der Waals surface area contributed by atoms with E-state index in [-0.39, 0.29) is 0 Å². The summed E-state index contributed by atoms with van der Waals surface area (Å²) in [6, 6.07) is 5.99. The number of hydrogen-bond acceptors (Lipinski definition) is 7. The largest absolute Gasteiger partial charge is 0.496 e. The number of amidine groups is 1. The second-order valence-electron chi connectivity index (χ2n) is 6.73. The third kappa shape index (κ3) is 1.78. The number of hydrogen-bond donors (Lipinski definition) is 0. The van der Waals surface area contributed by atoms with Crippen LogP contribution < -0.4 is 9.64 Å². The zero-order valence-corrected chi connectivity index (χ0v) is 14.2. The van der Waals surface area contributed by atoms with E-state index in [1.807, 2.05) is 18.5 Å². The maximum absolute atomic E-state index is 5.58. The lowest BCUT2D eigenvalue weighted by atomic mass is 10.1. The fourth-order valence-corrected chi connectivity index (χ4v) is 3.74. The van der Waals surface area contributed by atoms with Gasteiger partial charge in [-0.05, 0) is 25.0 Å². The first-order valence-electron chi connectivity index (χ1n) is 8.76. The van der Waals surface area contributed by atoms with E-state index in [1.54, 1.807) is 7.11 Å². The molecule has 0 N–H and O–H groups in total. The molecule has 3 aromatic rings. The van der Waals surface area contributed by atoms with Crippen LogP contribution in [0.1, 0.15) is 30.2 Å². The molecule has 1 saturated carbocycles. The molecule has 130 valence electrons. The van der Waals surface area contributed by atoms with Crippen molar-refractivity contribution in [3.8, 4) is 23.0 Å². The van der Waals surface area contributed by atoms with Gasteiger partial charge in [-0.2, -0.15) is 4.98 Å². The van der Waals surface area contributed by atoms with E-state index in [4.69, 9.17) is 14.3 Å². The Kier molecular flexibility index (Phi) is 2.67. The highest BCUT2D eigenvalue weighted by atomic mass is 16.5. The Bertz CT molecular complexity index is 1060. The summed E-state index contributed by atoms with van der Waals surface area (Å²) in [6.45, 7) is 1.52. The normalized spacial score (nSPS) is 17.6. The molecule has 0 atom stereocenters. The van der Waals surface area contributed by atoms with E-state index in [0.29, 0.717) is 11.7 Å². The van der Waals surface area contributed by atoms with Gasteiger partial charge in [0.1, 0.15) is 17.9 Å². The topological polar surface area (TPSA) is 81.6 Å². The summed E-state index contributed by atoms with van der Waals surface area (Å²) in [5, 5.41) is 4.18. The summed E-state index contributed by atoms with van der Waals surface area (Å²) < 4.78 is 13.1. The van der Waals surface area contributed by atoms with Crippen molar-refractivity contribution < 1.29 is 9.26 Å². The van der Waals surface area contributed by atoms with Crippen LogP contribution in [0, 0.1) is 0 Å². The van der Waals surface area contributed by atoms with E-state index < -0.39 is 0 Å². The molecule has 0 amide bonds. The van der Waals surface area contributed by atoms with Crippen LogP contribution in [-0.4, -0.2) is 45.7 Å². The maximum atomic E-state index is 5.58. The standard InChI is InChI=1S/C18H16N6O2/c1-25-12-4-2-3-11-13(12)16-19-7-8-23(16)18-14(20-9-24(11)18)15-21-17(26-22-15)10-5-6-10/h2-4,9-10H,5-8H2,1H3. The second kappa shape index (κ2) is 4.94. The first-order chi connectivity index (χ1) is 12.8. The van der Waals surface area contributed by atoms with Crippen molar-refractivity contribution in [2.75, 3.05) is 25.1 Å². The average Bonchev–Trinajstić information content (AvgIpc) is 3.09. The quantitative estimate of drug-likeness (QED) is 0.723. The zero-order valence-electron chi connectivity index (χ0n) is 14.2. The fraction of sp³-hybridized carbons (Fsp3) is 0.333. The first kappa shape index (κ1) is 14.1. The molecule has 26 heavy (non-hydrogen) atoms. The number of aliphatic imine (C=N–C) groups is 1. The highest BCUT2D eigenvalue weighted by Crippen LogP contribution is 2.43. The molecule has 1 aliphatic carbocycles. The number of aromatic nitrogens is 4.